The first-order valence-electron chi connectivity index (χ1n) is 8.12. The summed E-state index contributed by atoms with van der Waals surface area (Å²) < 4.78 is 4.90. The SMILES string of the molecule is CN=C(NCC(=O)NCCOC)N1CCN(c2ccccn2)CC1. The van der Waals surface area contributed by atoms with Gasteiger partial charge in [0.15, 0.2) is 5.96 Å². The van der Waals surface area contributed by atoms with Crippen LogP contribution in [0, 0.1) is 0 Å². The average molecular weight is 334 g/mol. The van der Waals surface area contributed by atoms with E-state index in [9.17, 15) is 4.79 Å². The molecule has 1 saturated heterocycles. The largest absolute Gasteiger partial charge is 0.383 e. The van der Waals surface area contributed by atoms with Gasteiger partial charge in [0, 0.05) is 53.1 Å². The Morgan fingerprint density at radius 2 is 2.08 bits per heavy atom. The second kappa shape index (κ2) is 9.71. The zero-order valence-electron chi connectivity index (χ0n) is 14.4. The lowest BCUT2D eigenvalue weighted by atomic mass is 10.3. The Hall–Kier alpha value is -2.35. The summed E-state index contributed by atoms with van der Waals surface area (Å²) in [5, 5.41) is 5.89. The lowest BCUT2D eigenvalue weighted by Crippen LogP contribution is -2.54. The van der Waals surface area contributed by atoms with E-state index in [1.165, 1.54) is 0 Å². The van der Waals surface area contributed by atoms with Crippen LogP contribution < -0.4 is 15.5 Å². The summed E-state index contributed by atoms with van der Waals surface area (Å²) in [7, 11) is 3.34. The molecule has 0 atom stereocenters. The highest BCUT2D eigenvalue weighted by Gasteiger charge is 2.20. The number of aromatic nitrogens is 1. The third kappa shape index (κ3) is 5.38. The van der Waals surface area contributed by atoms with Gasteiger partial charge in [0.05, 0.1) is 13.2 Å². The number of piperazine rings is 1. The summed E-state index contributed by atoms with van der Waals surface area (Å²) in [6.07, 6.45) is 1.81. The molecule has 2 heterocycles. The van der Waals surface area contributed by atoms with Crippen molar-refractivity contribution in [1.29, 1.82) is 0 Å². The number of guanidine groups is 1. The molecule has 1 aliphatic heterocycles. The quantitative estimate of drug-likeness (QED) is 0.416. The molecule has 1 aliphatic rings. The minimum atomic E-state index is -0.0691. The van der Waals surface area contributed by atoms with Crippen LogP contribution in [-0.4, -0.2) is 81.8 Å². The number of carbonyl (C=O) groups excluding carboxylic acids is 1. The van der Waals surface area contributed by atoms with Gasteiger partial charge in [-0.3, -0.25) is 9.79 Å². The van der Waals surface area contributed by atoms with Crippen molar-refractivity contribution in [3.8, 4) is 0 Å². The van der Waals surface area contributed by atoms with E-state index in [1.54, 1.807) is 14.2 Å². The fraction of sp³-hybridized carbons (Fsp3) is 0.562. The molecule has 1 aromatic rings. The molecule has 0 saturated carbocycles. The first-order chi connectivity index (χ1) is 11.7. The smallest absolute Gasteiger partial charge is 0.239 e. The highest BCUT2D eigenvalue weighted by Crippen LogP contribution is 2.12. The Morgan fingerprint density at radius 3 is 2.71 bits per heavy atom. The average Bonchev–Trinajstić information content (AvgIpc) is 2.64. The third-order valence-electron chi connectivity index (χ3n) is 3.80. The molecule has 2 N–H and O–H groups in total. The van der Waals surface area contributed by atoms with E-state index in [1.807, 2.05) is 24.4 Å². The number of aliphatic imine (C=N–C) groups is 1. The van der Waals surface area contributed by atoms with Gasteiger partial charge in [0.25, 0.3) is 0 Å². The van der Waals surface area contributed by atoms with Crippen molar-refractivity contribution < 1.29 is 9.53 Å². The van der Waals surface area contributed by atoms with E-state index in [0.717, 1.165) is 38.0 Å². The van der Waals surface area contributed by atoms with Gasteiger partial charge in [-0.15, -0.1) is 0 Å². The standard InChI is InChI=1S/C16H26N6O2/c1-17-16(20-13-15(23)19-7-12-24-2)22-10-8-21(9-11-22)14-5-3-4-6-18-14/h3-6H,7-13H2,1-2H3,(H,17,20)(H,19,23). The van der Waals surface area contributed by atoms with E-state index >= 15 is 0 Å². The maximum absolute atomic E-state index is 11.7. The summed E-state index contributed by atoms with van der Waals surface area (Å²) in [6, 6.07) is 5.94. The molecule has 0 spiro atoms. The Balaban J connectivity index is 1.76. The molecular weight excluding hydrogens is 308 g/mol. The zero-order chi connectivity index (χ0) is 17.2. The third-order valence-corrected chi connectivity index (χ3v) is 3.80. The predicted molar refractivity (Wildman–Crippen MR) is 94.3 cm³/mol. The molecule has 0 aromatic carbocycles. The molecule has 0 aliphatic carbocycles. The van der Waals surface area contributed by atoms with E-state index in [4.69, 9.17) is 4.74 Å². The molecule has 8 heteroatoms. The summed E-state index contributed by atoms with van der Waals surface area (Å²) >= 11 is 0. The number of pyridine rings is 1. The second-order valence-electron chi connectivity index (χ2n) is 5.41. The van der Waals surface area contributed by atoms with Crippen molar-refractivity contribution in [1.82, 2.24) is 20.5 Å². The summed E-state index contributed by atoms with van der Waals surface area (Å²) in [5.41, 5.74) is 0. The lowest BCUT2D eigenvalue weighted by molar-refractivity contribution is -0.120. The Bertz CT molecular complexity index is 529. The highest BCUT2D eigenvalue weighted by atomic mass is 16.5. The van der Waals surface area contributed by atoms with Crippen LogP contribution in [0.5, 0.6) is 0 Å². The van der Waals surface area contributed by atoms with E-state index in [2.05, 4.69) is 30.4 Å². The van der Waals surface area contributed by atoms with Crippen molar-refractivity contribution >= 4 is 17.7 Å². The molecule has 24 heavy (non-hydrogen) atoms. The number of methoxy groups -OCH3 is 1. The molecular formula is C16H26N6O2. The van der Waals surface area contributed by atoms with Crippen LogP contribution in [0.3, 0.4) is 0 Å². The van der Waals surface area contributed by atoms with Crippen molar-refractivity contribution in [2.45, 2.75) is 0 Å². The summed E-state index contributed by atoms with van der Waals surface area (Å²) in [5.74, 6) is 1.68. The number of carbonyl (C=O) groups is 1. The van der Waals surface area contributed by atoms with Crippen molar-refractivity contribution in [2.75, 3.05) is 64.9 Å². The first-order valence-corrected chi connectivity index (χ1v) is 8.12. The molecule has 0 radical (unpaired) electrons. The van der Waals surface area contributed by atoms with E-state index in [0.29, 0.717) is 13.2 Å². The van der Waals surface area contributed by atoms with Crippen LogP contribution in [0.2, 0.25) is 0 Å². The molecule has 8 nitrogen and oxygen atoms in total. The van der Waals surface area contributed by atoms with Crippen LogP contribution in [-0.2, 0) is 9.53 Å². The molecule has 132 valence electrons. The number of nitrogens with one attached hydrogen (secondary N) is 2. The van der Waals surface area contributed by atoms with Crippen molar-refractivity contribution in [2.24, 2.45) is 4.99 Å². The van der Waals surface area contributed by atoms with Crippen LogP contribution >= 0.6 is 0 Å². The van der Waals surface area contributed by atoms with E-state index in [-0.39, 0.29) is 12.5 Å². The topological polar surface area (TPSA) is 82.1 Å². The van der Waals surface area contributed by atoms with Crippen LogP contribution in [0.4, 0.5) is 5.82 Å². The first kappa shape index (κ1) is 18.0. The molecule has 1 amide bonds. The van der Waals surface area contributed by atoms with Crippen LogP contribution in [0.15, 0.2) is 29.4 Å². The number of nitrogens with zero attached hydrogens (tertiary/aromatic N) is 4. The minimum absolute atomic E-state index is 0.0691. The van der Waals surface area contributed by atoms with Crippen molar-refractivity contribution in [3.63, 3.8) is 0 Å². The van der Waals surface area contributed by atoms with Gasteiger partial charge in [-0.1, -0.05) is 6.07 Å². The summed E-state index contributed by atoms with van der Waals surface area (Å²) in [4.78, 5) is 24.8. The molecule has 0 unspecified atom stereocenters. The van der Waals surface area contributed by atoms with Crippen molar-refractivity contribution in [3.05, 3.63) is 24.4 Å². The van der Waals surface area contributed by atoms with Gasteiger partial charge in [-0.2, -0.15) is 0 Å². The number of rotatable bonds is 6. The minimum Gasteiger partial charge on any atom is -0.383 e. The van der Waals surface area contributed by atoms with E-state index < -0.39 is 0 Å². The number of hydrogen-bond donors (Lipinski definition) is 2. The maximum atomic E-state index is 11.7. The van der Waals surface area contributed by atoms with Crippen LogP contribution in [0.25, 0.3) is 0 Å². The molecule has 0 bridgehead atoms. The van der Waals surface area contributed by atoms with Gasteiger partial charge >= 0.3 is 0 Å². The fourth-order valence-corrected chi connectivity index (χ4v) is 2.53. The second-order valence-corrected chi connectivity index (χ2v) is 5.41. The number of ether oxygens (including phenoxy) is 1. The van der Waals surface area contributed by atoms with Crippen LogP contribution in [0.1, 0.15) is 0 Å². The maximum Gasteiger partial charge on any atom is 0.239 e. The zero-order valence-corrected chi connectivity index (χ0v) is 14.4. The normalized spacial score (nSPS) is 15.3. The van der Waals surface area contributed by atoms with Gasteiger partial charge in [0.2, 0.25) is 5.91 Å². The van der Waals surface area contributed by atoms with Gasteiger partial charge in [-0.05, 0) is 12.1 Å². The monoisotopic (exact) mass is 334 g/mol. The highest BCUT2D eigenvalue weighted by molar-refractivity contribution is 5.86. The Morgan fingerprint density at radius 1 is 1.29 bits per heavy atom. The lowest BCUT2D eigenvalue weighted by Gasteiger charge is -2.37. The number of anilines is 1. The molecule has 2 rings (SSSR count). The van der Waals surface area contributed by atoms with Gasteiger partial charge in [-0.25, -0.2) is 4.98 Å². The number of hydrogen-bond acceptors (Lipinski definition) is 5. The molecule has 1 aromatic heterocycles. The summed E-state index contributed by atoms with van der Waals surface area (Å²) in [6.45, 7) is 4.64. The Labute approximate surface area is 142 Å². The number of amides is 1. The molecule has 1 fully saturated rings. The Kier molecular flexibility index (Phi) is 7.28. The van der Waals surface area contributed by atoms with Gasteiger partial charge < -0.3 is 25.2 Å². The predicted octanol–water partition coefficient (Wildman–Crippen LogP) is -0.458. The van der Waals surface area contributed by atoms with Gasteiger partial charge in [0.1, 0.15) is 5.82 Å². The fourth-order valence-electron chi connectivity index (χ4n) is 2.53.